The molecule has 1 saturated heterocycles. The Kier molecular flexibility index (Phi) is 4.66. The molecule has 1 fully saturated rings. The minimum absolute atomic E-state index is 0.0170. The van der Waals surface area contributed by atoms with Gasteiger partial charge in [-0.1, -0.05) is 30.3 Å². The Bertz CT molecular complexity index is 396. The highest BCUT2D eigenvalue weighted by atomic mass is 32.2. The number of benzene rings is 1. The topological polar surface area (TPSA) is 40.5 Å². The minimum atomic E-state index is -0.200. The zero-order chi connectivity index (χ0) is 13.0. The summed E-state index contributed by atoms with van der Waals surface area (Å²) in [6, 6.07) is 9.57. The van der Waals surface area contributed by atoms with E-state index in [9.17, 15) is 9.90 Å². The van der Waals surface area contributed by atoms with E-state index in [0.29, 0.717) is 0 Å². The van der Waals surface area contributed by atoms with Crippen LogP contribution in [0.2, 0.25) is 0 Å². The Morgan fingerprint density at radius 1 is 1.44 bits per heavy atom. The fraction of sp³-hybridized carbons (Fsp3) is 0.500. The van der Waals surface area contributed by atoms with Crippen LogP contribution in [0.25, 0.3) is 0 Å². The first kappa shape index (κ1) is 13.4. The van der Waals surface area contributed by atoms with Crippen LogP contribution in [0.5, 0.6) is 0 Å². The molecule has 1 amide bonds. The lowest BCUT2D eigenvalue weighted by molar-refractivity contribution is -0.136. The molecule has 2 atom stereocenters. The molecular formula is C14H19NO2S. The third-order valence-corrected chi connectivity index (χ3v) is 4.45. The smallest absolute Gasteiger partial charge is 0.236 e. The first-order chi connectivity index (χ1) is 8.77. The van der Waals surface area contributed by atoms with E-state index in [1.807, 2.05) is 41.5 Å². The fourth-order valence-electron chi connectivity index (χ4n) is 2.45. The van der Waals surface area contributed by atoms with Gasteiger partial charge in [0.2, 0.25) is 5.91 Å². The second-order valence-corrected chi connectivity index (χ2v) is 5.55. The number of carbonyl (C=O) groups excluding carboxylic acids is 1. The van der Waals surface area contributed by atoms with Crippen LogP contribution in [0.3, 0.4) is 0 Å². The van der Waals surface area contributed by atoms with Gasteiger partial charge in [0.05, 0.1) is 17.9 Å². The van der Waals surface area contributed by atoms with E-state index in [1.54, 1.807) is 11.8 Å². The van der Waals surface area contributed by atoms with Crippen LogP contribution in [0.15, 0.2) is 30.3 Å². The number of piperidine rings is 1. The van der Waals surface area contributed by atoms with Crippen molar-refractivity contribution in [1.82, 2.24) is 4.90 Å². The van der Waals surface area contributed by atoms with Crippen molar-refractivity contribution < 1.29 is 9.90 Å². The van der Waals surface area contributed by atoms with Crippen molar-refractivity contribution >= 4 is 17.7 Å². The summed E-state index contributed by atoms with van der Waals surface area (Å²) in [5.41, 5.74) is 1.01. The largest absolute Gasteiger partial charge is 0.394 e. The van der Waals surface area contributed by atoms with E-state index in [1.165, 1.54) is 0 Å². The Labute approximate surface area is 112 Å². The van der Waals surface area contributed by atoms with Crippen molar-refractivity contribution in [3.8, 4) is 0 Å². The number of nitrogens with zero attached hydrogens (tertiary/aromatic N) is 1. The van der Waals surface area contributed by atoms with Crippen molar-refractivity contribution in [1.29, 1.82) is 0 Å². The molecule has 0 aromatic heterocycles. The van der Waals surface area contributed by atoms with E-state index in [0.717, 1.165) is 24.9 Å². The average molecular weight is 265 g/mol. The van der Waals surface area contributed by atoms with Crippen molar-refractivity contribution in [3.63, 3.8) is 0 Å². The summed E-state index contributed by atoms with van der Waals surface area (Å²) < 4.78 is 0. The van der Waals surface area contributed by atoms with Gasteiger partial charge in [0.25, 0.3) is 0 Å². The van der Waals surface area contributed by atoms with Gasteiger partial charge in [-0.15, -0.1) is 0 Å². The Morgan fingerprint density at radius 2 is 2.17 bits per heavy atom. The molecule has 1 heterocycles. The van der Waals surface area contributed by atoms with Crippen molar-refractivity contribution in [3.05, 3.63) is 35.9 Å². The molecule has 0 saturated carbocycles. The van der Waals surface area contributed by atoms with E-state index < -0.39 is 0 Å². The highest BCUT2D eigenvalue weighted by Crippen LogP contribution is 2.29. The molecule has 4 heteroatoms. The van der Waals surface area contributed by atoms with Gasteiger partial charge >= 0.3 is 0 Å². The molecule has 2 rings (SSSR count). The number of carbonyl (C=O) groups is 1. The summed E-state index contributed by atoms with van der Waals surface area (Å²) in [7, 11) is 0. The lowest BCUT2D eigenvalue weighted by atomic mass is 10.0. The van der Waals surface area contributed by atoms with E-state index in [2.05, 4.69) is 0 Å². The highest BCUT2D eigenvalue weighted by molar-refractivity contribution is 7.99. The highest BCUT2D eigenvalue weighted by Gasteiger charge is 2.32. The maximum atomic E-state index is 12.3. The molecule has 0 radical (unpaired) electrons. The minimum Gasteiger partial charge on any atom is -0.394 e. The van der Waals surface area contributed by atoms with Crippen LogP contribution >= 0.6 is 11.8 Å². The first-order valence-corrected chi connectivity index (χ1v) is 7.55. The van der Waals surface area contributed by atoms with Gasteiger partial charge in [0, 0.05) is 6.54 Å². The summed E-state index contributed by atoms with van der Waals surface area (Å²) in [5.74, 6) is 0.164. The number of hydrogen-bond donors (Lipinski definition) is 1. The van der Waals surface area contributed by atoms with Crippen molar-refractivity contribution in [2.24, 2.45) is 0 Å². The van der Waals surface area contributed by atoms with Crippen molar-refractivity contribution in [2.75, 3.05) is 19.4 Å². The molecule has 1 N–H and O–H groups in total. The van der Waals surface area contributed by atoms with Crippen LogP contribution < -0.4 is 0 Å². The van der Waals surface area contributed by atoms with Gasteiger partial charge in [0.1, 0.15) is 0 Å². The van der Waals surface area contributed by atoms with Crippen LogP contribution in [-0.2, 0) is 4.79 Å². The molecule has 0 aliphatic carbocycles. The Morgan fingerprint density at radius 3 is 2.78 bits per heavy atom. The molecular weight excluding hydrogens is 246 g/mol. The third-order valence-electron chi connectivity index (χ3n) is 3.44. The quantitative estimate of drug-likeness (QED) is 0.906. The predicted molar refractivity (Wildman–Crippen MR) is 74.5 cm³/mol. The lowest BCUT2D eigenvalue weighted by Crippen LogP contribution is -2.45. The summed E-state index contributed by atoms with van der Waals surface area (Å²) in [4.78, 5) is 14.2. The van der Waals surface area contributed by atoms with E-state index >= 15 is 0 Å². The zero-order valence-electron chi connectivity index (χ0n) is 10.6. The summed E-state index contributed by atoms with van der Waals surface area (Å²) in [6.07, 6.45) is 3.94. The number of amides is 1. The van der Waals surface area contributed by atoms with Gasteiger partial charge in [-0.25, -0.2) is 0 Å². The van der Waals surface area contributed by atoms with Gasteiger partial charge in [-0.3, -0.25) is 4.79 Å². The molecule has 18 heavy (non-hydrogen) atoms. The average Bonchev–Trinajstić information content (AvgIpc) is 2.43. The standard InChI is InChI=1S/C14H19NO2S/c1-18-13-8-5-9-15(14(13)17)12(10-16)11-6-3-2-4-7-11/h2-4,6-7,12-13,16H,5,8-10H2,1H3/t12-,13+/m0/s1. The van der Waals surface area contributed by atoms with Crippen LogP contribution in [0.4, 0.5) is 0 Å². The second-order valence-electron chi connectivity index (χ2n) is 4.51. The predicted octanol–water partition coefficient (Wildman–Crippen LogP) is 2.07. The number of rotatable bonds is 4. The van der Waals surface area contributed by atoms with Crippen LogP contribution in [0.1, 0.15) is 24.4 Å². The normalized spacial score (nSPS) is 22.0. The maximum Gasteiger partial charge on any atom is 0.236 e. The second kappa shape index (κ2) is 6.25. The van der Waals surface area contributed by atoms with E-state index in [-0.39, 0.29) is 23.8 Å². The van der Waals surface area contributed by atoms with Gasteiger partial charge in [-0.05, 0) is 24.7 Å². The molecule has 3 nitrogen and oxygen atoms in total. The summed E-state index contributed by atoms with van der Waals surface area (Å²) in [5, 5.41) is 9.66. The number of aliphatic hydroxyl groups excluding tert-OH is 1. The first-order valence-electron chi connectivity index (χ1n) is 6.27. The molecule has 0 spiro atoms. The maximum absolute atomic E-state index is 12.3. The number of thioether (sulfide) groups is 1. The number of aliphatic hydroxyl groups is 1. The third kappa shape index (κ3) is 2.70. The number of hydrogen-bond acceptors (Lipinski definition) is 3. The van der Waals surface area contributed by atoms with Crippen LogP contribution in [0, 0.1) is 0 Å². The molecule has 0 unspecified atom stereocenters. The van der Waals surface area contributed by atoms with Gasteiger partial charge in [0.15, 0.2) is 0 Å². The monoisotopic (exact) mass is 265 g/mol. The fourth-order valence-corrected chi connectivity index (χ4v) is 3.19. The van der Waals surface area contributed by atoms with Gasteiger partial charge < -0.3 is 10.0 Å². The number of likely N-dealkylation sites (tertiary alicyclic amines) is 1. The Balaban J connectivity index is 2.20. The molecule has 1 aliphatic rings. The summed E-state index contributed by atoms with van der Waals surface area (Å²) >= 11 is 1.61. The van der Waals surface area contributed by atoms with Crippen LogP contribution in [-0.4, -0.2) is 40.6 Å². The van der Waals surface area contributed by atoms with E-state index in [4.69, 9.17) is 0 Å². The van der Waals surface area contributed by atoms with Crippen molar-refractivity contribution in [2.45, 2.75) is 24.1 Å². The zero-order valence-corrected chi connectivity index (χ0v) is 11.4. The SMILES string of the molecule is CS[C@@H]1CCCN([C@@H](CO)c2ccccc2)C1=O. The molecule has 98 valence electrons. The molecule has 1 aromatic carbocycles. The molecule has 1 aliphatic heterocycles. The summed E-state index contributed by atoms with van der Waals surface area (Å²) in [6.45, 7) is 0.729. The Hall–Kier alpha value is -1.00. The molecule has 1 aromatic rings. The lowest BCUT2D eigenvalue weighted by Gasteiger charge is -2.37. The van der Waals surface area contributed by atoms with Gasteiger partial charge in [-0.2, -0.15) is 11.8 Å². The molecule has 0 bridgehead atoms.